The number of piperidine rings is 1. The van der Waals surface area contributed by atoms with Crippen LogP contribution >= 0.6 is 22.9 Å². The predicted octanol–water partition coefficient (Wildman–Crippen LogP) is 6.93. The smallest absolute Gasteiger partial charge is 0.449 e. The van der Waals surface area contributed by atoms with E-state index in [9.17, 15) is 14.7 Å². The lowest BCUT2D eigenvalue weighted by Crippen LogP contribution is -2.40. The molecule has 0 bridgehead atoms. The number of nitrogens with zero attached hydrogens (tertiary/aromatic N) is 3. The minimum Gasteiger partial charge on any atom is -0.449 e. The molecule has 1 aromatic carbocycles. The molecular weight excluding hydrogens is 522 g/mol. The largest absolute Gasteiger partial charge is 0.512 e. The van der Waals surface area contributed by atoms with Crippen molar-refractivity contribution in [2.45, 2.75) is 57.4 Å². The molecule has 2 aromatic heterocycles. The van der Waals surface area contributed by atoms with Gasteiger partial charge in [-0.05, 0) is 74.4 Å². The summed E-state index contributed by atoms with van der Waals surface area (Å²) in [5.41, 5.74) is 4.12. The molecule has 0 spiro atoms. The third-order valence-corrected chi connectivity index (χ3v) is 9.33. The lowest BCUT2D eigenvalue weighted by molar-refractivity contribution is -0.131. The number of carbonyl (C=O) groups is 2. The molecule has 38 heavy (non-hydrogen) atoms. The van der Waals surface area contributed by atoms with Gasteiger partial charge in [0.05, 0.1) is 15.9 Å². The summed E-state index contributed by atoms with van der Waals surface area (Å²) in [6.45, 7) is 3.04. The number of hydrogen-bond donors (Lipinski definition) is 1. The first kappa shape index (κ1) is 27.0. The van der Waals surface area contributed by atoms with Crippen LogP contribution in [0.5, 0.6) is 5.06 Å². The quantitative estimate of drug-likeness (QED) is 0.319. The van der Waals surface area contributed by atoms with Gasteiger partial charge in [-0.15, -0.1) is 0 Å². The van der Waals surface area contributed by atoms with Crippen LogP contribution in [0.25, 0.3) is 21.5 Å². The van der Waals surface area contributed by atoms with E-state index in [0.717, 1.165) is 66.8 Å². The maximum atomic E-state index is 13.7. The number of hydrogen-bond acceptors (Lipinski definition) is 5. The van der Waals surface area contributed by atoms with E-state index in [-0.39, 0.29) is 12.5 Å². The zero-order valence-corrected chi connectivity index (χ0v) is 23.7. The SMILES string of the molecule is CN1CCCC(CN(C)C(=O)Cn2c(-c3ccc(Cl)cc3)c(C3CCCCC3)c3sc(OC(=O)O)cc32)C1. The Morgan fingerprint density at radius 2 is 1.87 bits per heavy atom. The molecule has 1 amide bonds. The fourth-order valence-corrected chi connectivity index (χ4v) is 7.54. The molecule has 1 saturated heterocycles. The highest BCUT2D eigenvalue weighted by Gasteiger charge is 2.30. The average molecular weight is 558 g/mol. The van der Waals surface area contributed by atoms with Gasteiger partial charge in [0, 0.05) is 31.2 Å². The highest BCUT2D eigenvalue weighted by atomic mass is 35.5. The molecule has 3 heterocycles. The van der Waals surface area contributed by atoms with Gasteiger partial charge in [0.1, 0.15) is 6.54 Å². The summed E-state index contributed by atoms with van der Waals surface area (Å²) in [5, 5.41) is 10.3. The monoisotopic (exact) mass is 557 g/mol. The number of rotatable bonds is 7. The van der Waals surface area contributed by atoms with Crippen LogP contribution < -0.4 is 4.74 Å². The van der Waals surface area contributed by atoms with Gasteiger partial charge in [-0.1, -0.05) is 54.3 Å². The van der Waals surface area contributed by atoms with Crippen molar-refractivity contribution >= 4 is 45.2 Å². The molecule has 204 valence electrons. The molecule has 5 rings (SSSR count). The van der Waals surface area contributed by atoms with E-state index < -0.39 is 6.16 Å². The highest BCUT2D eigenvalue weighted by molar-refractivity contribution is 7.21. The molecule has 1 N–H and O–H groups in total. The number of carboxylic acid groups (broad SMARTS) is 1. The summed E-state index contributed by atoms with van der Waals surface area (Å²) in [4.78, 5) is 29.2. The Labute approximate surface area is 232 Å². The van der Waals surface area contributed by atoms with E-state index >= 15 is 0 Å². The second-order valence-corrected chi connectivity index (χ2v) is 12.3. The van der Waals surface area contributed by atoms with Gasteiger partial charge in [0.25, 0.3) is 0 Å². The Hall–Kier alpha value is -2.55. The predicted molar refractivity (Wildman–Crippen MR) is 153 cm³/mol. The van der Waals surface area contributed by atoms with Crippen molar-refractivity contribution in [2.24, 2.45) is 5.92 Å². The first-order chi connectivity index (χ1) is 18.3. The first-order valence-electron chi connectivity index (χ1n) is 13.5. The maximum Gasteiger partial charge on any atom is 0.512 e. The second kappa shape index (κ2) is 11.7. The molecule has 1 atom stereocenters. The van der Waals surface area contributed by atoms with Gasteiger partial charge >= 0.3 is 6.16 Å². The number of amides is 1. The van der Waals surface area contributed by atoms with Crippen molar-refractivity contribution < 1.29 is 19.4 Å². The van der Waals surface area contributed by atoms with Crippen LogP contribution in [0.1, 0.15) is 56.4 Å². The Balaban J connectivity index is 1.56. The van der Waals surface area contributed by atoms with Crippen LogP contribution in [0.4, 0.5) is 4.79 Å². The molecule has 1 unspecified atom stereocenters. The van der Waals surface area contributed by atoms with Crippen molar-refractivity contribution in [1.29, 1.82) is 0 Å². The molecule has 2 fully saturated rings. The third kappa shape index (κ3) is 5.87. The zero-order valence-electron chi connectivity index (χ0n) is 22.1. The minimum absolute atomic E-state index is 0.0486. The molecule has 0 radical (unpaired) electrons. The van der Waals surface area contributed by atoms with E-state index in [4.69, 9.17) is 16.3 Å². The van der Waals surface area contributed by atoms with E-state index in [1.807, 2.05) is 36.2 Å². The van der Waals surface area contributed by atoms with Crippen LogP contribution in [-0.4, -0.2) is 65.3 Å². The molecule has 2 aliphatic rings. The van der Waals surface area contributed by atoms with Gasteiger partial charge in [-0.3, -0.25) is 4.79 Å². The number of likely N-dealkylation sites (tertiary alicyclic amines) is 1. The van der Waals surface area contributed by atoms with Gasteiger partial charge < -0.3 is 24.2 Å². The topological polar surface area (TPSA) is 75.0 Å². The van der Waals surface area contributed by atoms with Crippen LogP contribution in [0.3, 0.4) is 0 Å². The summed E-state index contributed by atoms with van der Waals surface area (Å²) in [7, 11) is 4.04. The van der Waals surface area contributed by atoms with Gasteiger partial charge in [0.15, 0.2) is 5.06 Å². The number of carbonyl (C=O) groups excluding carboxylic acids is 1. The Kier molecular flexibility index (Phi) is 8.31. The summed E-state index contributed by atoms with van der Waals surface area (Å²) in [6, 6.07) is 9.59. The fraction of sp³-hybridized carbons (Fsp3) is 0.517. The number of aromatic nitrogens is 1. The summed E-state index contributed by atoms with van der Waals surface area (Å²) in [5.74, 6) is 0.866. The van der Waals surface area contributed by atoms with Crippen LogP contribution in [0.2, 0.25) is 5.02 Å². The molecule has 9 heteroatoms. The van der Waals surface area contributed by atoms with Gasteiger partial charge in [-0.25, -0.2) is 4.79 Å². The van der Waals surface area contributed by atoms with Crippen LogP contribution in [0, 0.1) is 5.92 Å². The number of benzene rings is 1. The number of thiophene rings is 1. The Morgan fingerprint density at radius 3 is 2.55 bits per heavy atom. The minimum atomic E-state index is -1.33. The Bertz CT molecular complexity index is 1300. The van der Waals surface area contributed by atoms with Gasteiger partial charge in [0.2, 0.25) is 5.91 Å². The molecular formula is C29H36ClN3O4S. The number of likely N-dealkylation sites (N-methyl/N-ethyl adjacent to an activating group) is 1. The van der Waals surface area contributed by atoms with Crippen LogP contribution in [0.15, 0.2) is 30.3 Å². The molecule has 1 saturated carbocycles. The standard InChI is InChI=1S/C29H36ClN3O4S/c1-31-14-6-7-19(16-31)17-32(2)24(34)18-33-23-15-25(37-29(35)36)38-28(23)26(20-8-4-3-5-9-20)27(33)21-10-12-22(30)13-11-21/h10-13,15,19-20H,3-9,14,16-18H2,1-2H3,(H,35,36). The van der Waals surface area contributed by atoms with E-state index in [2.05, 4.69) is 16.5 Å². The summed E-state index contributed by atoms with van der Waals surface area (Å²) in [6.07, 6.45) is 6.69. The summed E-state index contributed by atoms with van der Waals surface area (Å²) >= 11 is 7.60. The van der Waals surface area contributed by atoms with E-state index in [0.29, 0.717) is 21.9 Å². The fourth-order valence-electron chi connectivity index (χ4n) is 6.28. The number of ether oxygens (including phenoxy) is 1. The highest BCUT2D eigenvalue weighted by Crippen LogP contribution is 2.48. The third-order valence-electron chi connectivity index (χ3n) is 8.04. The number of fused-ring (bicyclic) bond motifs is 1. The van der Waals surface area contributed by atoms with Crippen molar-refractivity contribution in [2.75, 3.05) is 33.7 Å². The van der Waals surface area contributed by atoms with Crippen molar-refractivity contribution in [3.8, 4) is 16.3 Å². The summed E-state index contributed by atoms with van der Waals surface area (Å²) < 4.78 is 8.18. The number of halogens is 1. The molecule has 3 aromatic rings. The lowest BCUT2D eigenvalue weighted by atomic mass is 9.83. The van der Waals surface area contributed by atoms with E-state index in [1.165, 1.54) is 36.2 Å². The lowest BCUT2D eigenvalue weighted by Gasteiger charge is -2.32. The normalized spacial score (nSPS) is 19.1. The zero-order chi connectivity index (χ0) is 26.8. The van der Waals surface area contributed by atoms with E-state index in [1.54, 1.807) is 6.07 Å². The Morgan fingerprint density at radius 1 is 1.13 bits per heavy atom. The molecule has 1 aliphatic carbocycles. The van der Waals surface area contributed by atoms with Crippen LogP contribution in [-0.2, 0) is 11.3 Å². The molecule has 7 nitrogen and oxygen atoms in total. The van der Waals surface area contributed by atoms with Crippen molar-refractivity contribution in [1.82, 2.24) is 14.4 Å². The average Bonchev–Trinajstić information content (AvgIpc) is 3.41. The molecule has 1 aliphatic heterocycles. The van der Waals surface area contributed by atoms with Gasteiger partial charge in [-0.2, -0.15) is 0 Å². The van der Waals surface area contributed by atoms with Crippen molar-refractivity contribution in [3.05, 3.63) is 40.9 Å². The first-order valence-corrected chi connectivity index (χ1v) is 14.7. The maximum absolute atomic E-state index is 13.7. The second-order valence-electron chi connectivity index (χ2n) is 10.9. The van der Waals surface area contributed by atoms with Crippen molar-refractivity contribution in [3.63, 3.8) is 0 Å².